The molecule has 0 radical (unpaired) electrons. The number of rotatable bonds is 5. The van der Waals surface area contributed by atoms with Gasteiger partial charge in [0.1, 0.15) is 0 Å². The van der Waals surface area contributed by atoms with Crippen molar-refractivity contribution in [3.8, 4) is 0 Å². The molecule has 1 aliphatic rings. The highest BCUT2D eigenvalue weighted by atomic mass is 32.2. The second kappa shape index (κ2) is 8.97. The van der Waals surface area contributed by atoms with E-state index in [2.05, 4.69) is 5.32 Å². The Bertz CT molecular complexity index is 1030. The van der Waals surface area contributed by atoms with E-state index in [-0.39, 0.29) is 28.7 Å². The number of primary sulfonamides is 1. The summed E-state index contributed by atoms with van der Waals surface area (Å²) in [5.74, 6) is -0.201. The Morgan fingerprint density at radius 1 is 1.07 bits per heavy atom. The average Bonchev–Trinajstić information content (AvgIpc) is 2.73. The highest BCUT2D eigenvalue weighted by Crippen LogP contribution is 2.22. The van der Waals surface area contributed by atoms with Crippen LogP contribution in [0.4, 0.5) is 0 Å². The number of nitrogens with one attached hydrogen (secondary N) is 1. The van der Waals surface area contributed by atoms with Crippen molar-refractivity contribution in [2.45, 2.75) is 37.6 Å². The van der Waals surface area contributed by atoms with Crippen molar-refractivity contribution >= 4 is 21.8 Å². The molecule has 0 aromatic heterocycles. The monoisotopic (exact) mass is 429 g/mol. The van der Waals surface area contributed by atoms with E-state index in [0.717, 1.165) is 11.1 Å². The van der Waals surface area contributed by atoms with Crippen molar-refractivity contribution in [1.29, 1.82) is 0 Å². The molecule has 3 N–H and O–H groups in total. The molecular weight excluding hydrogens is 402 g/mol. The van der Waals surface area contributed by atoms with Gasteiger partial charge >= 0.3 is 0 Å². The Hall–Kier alpha value is -2.71. The first kappa shape index (κ1) is 22.0. The lowest BCUT2D eigenvalue weighted by Crippen LogP contribution is -2.43. The van der Waals surface area contributed by atoms with Gasteiger partial charge in [-0.25, -0.2) is 13.6 Å². The molecule has 1 fully saturated rings. The number of carbonyl (C=O) groups excluding carboxylic acids is 2. The van der Waals surface area contributed by atoms with E-state index in [1.54, 1.807) is 12.1 Å². The smallest absolute Gasteiger partial charge is 0.254 e. The Balaban J connectivity index is 1.55. The third kappa shape index (κ3) is 5.06. The summed E-state index contributed by atoms with van der Waals surface area (Å²) < 4.78 is 22.7. The fourth-order valence-electron chi connectivity index (χ4n) is 3.69. The van der Waals surface area contributed by atoms with Crippen LogP contribution in [0.1, 0.15) is 47.3 Å². The molecule has 160 valence electrons. The number of amides is 2. The van der Waals surface area contributed by atoms with Crippen LogP contribution in [0, 0.1) is 12.8 Å². The minimum atomic E-state index is -3.74. The van der Waals surface area contributed by atoms with Crippen LogP contribution in [0.15, 0.2) is 53.4 Å². The van der Waals surface area contributed by atoms with Crippen molar-refractivity contribution in [1.82, 2.24) is 10.2 Å². The van der Waals surface area contributed by atoms with E-state index in [4.69, 9.17) is 5.14 Å². The second-order valence-corrected chi connectivity index (χ2v) is 9.29. The number of aryl methyl sites for hydroxylation is 1. The summed E-state index contributed by atoms with van der Waals surface area (Å²) in [4.78, 5) is 27.3. The van der Waals surface area contributed by atoms with Gasteiger partial charge in [0.25, 0.3) is 5.91 Å². The van der Waals surface area contributed by atoms with Gasteiger partial charge in [0, 0.05) is 24.6 Å². The van der Waals surface area contributed by atoms with Crippen LogP contribution >= 0.6 is 0 Å². The Morgan fingerprint density at radius 3 is 2.23 bits per heavy atom. The van der Waals surface area contributed by atoms with Gasteiger partial charge in [0.2, 0.25) is 15.9 Å². The van der Waals surface area contributed by atoms with Crippen LogP contribution in [0.25, 0.3) is 0 Å². The third-order valence-corrected chi connectivity index (χ3v) is 6.53. The van der Waals surface area contributed by atoms with Gasteiger partial charge in [-0.3, -0.25) is 9.59 Å². The maximum atomic E-state index is 12.7. The fourth-order valence-corrected chi connectivity index (χ4v) is 4.20. The van der Waals surface area contributed by atoms with Gasteiger partial charge < -0.3 is 10.2 Å². The molecule has 1 unspecified atom stereocenters. The largest absolute Gasteiger partial charge is 0.349 e. The van der Waals surface area contributed by atoms with E-state index in [9.17, 15) is 18.0 Å². The first-order valence-electron chi connectivity index (χ1n) is 9.95. The van der Waals surface area contributed by atoms with Gasteiger partial charge in [-0.1, -0.05) is 30.3 Å². The number of benzene rings is 2. The topological polar surface area (TPSA) is 110 Å². The number of sulfonamides is 1. The molecule has 0 spiro atoms. The predicted molar refractivity (Wildman–Crippen MR) is 114 cm³/mol. The Kier molecular flexibility index (Phi) is 6.58. The molecule has 1 saturated heterocycles. The summed E-state index contributed by atoms with van der Waals surface area (Å²) in [5.41, 5.74) is 2.45. The lowest BCUT2D eigenvalue weighted by atomic mass is 9.94. The van der Waals surface area contributed by atoms with Crippen LogP contribution in [0.5, 0.6) is 0 Å². The zero-order valence-electron chi connectivity index (χ0n) is 17.2. The van der Waals surface area contributed by atoms with Gasteiger partial charge in [0.05, 0.1) is 10.9 Å². The number of nitrogens with zero attached hydrogens (tertiary/aromatic N) is 1. The van der Waals surface area contributed by atoms with Crippen LogP contribution in [0.3, 0.4) is 0 Å². The molecule has 0 aliphatic carbocycles. The molecule has 0 bridgehead atoms. The molecule has 8 heteroatoms. The van der Waals surface area contributed by atoms with E-state index >= 15 is 0 Å². The molecule has 2 aromatic carbocycles. The maximum Gasteiger partial charge on any atom is 0.254 e. The number of hydrogen-bond donors (Lipinski definition) is 2. The highest BCUT2D eigenvalue weighted by Gasteiger charge is 2.29. The van der Waals surface area contributed by atoms with Gasteiger partial charge in [0.15, 0.2) is 0 Å². The number of likely N-dealkylation sites (tertiary alicyclic amines) is 1. The van der Waals surface area contributed by atoms with Gasteiger partial charge in [-0.15, -0.1) is 0 Å². The average molecular weight is 430 g/mol. The minimum absolute atomic E-state index is 0.00951. The summed E-state index contributed by atoms with van der Waals surface area (Å²) in [6, 6.07) is 13.4. The van der Waals surface area contributed by atoms with Gasteiger partial charge in [-0.05, 0) is 56.0 Å². The summed E-state index contributed by atoms with van der Waals surface area (Å²) in [6.45, 7) is 4.86. The van der Waals surface area contributed by atoms with Crippen molar-refractivity contribution in [3.63, 3.8) is 0 Å². The molecule has 1 heterocycles. The summed E-state index contributed by atoms with van der Waals surface area (Å²) >= 11 is 0. The van der Waals surface area contributed by atoms with Gasteiger partial charge in [-0.2, -0.15) is 0 Å². The van der Waals surface area contributed by atoms with Crippen molar-refractivity contribution in [2.75, 3.05) is 13.1 Å². The second-order valence-electron chi connectivity index (χ2n) is 7.73. The first-order chi connectivity index (χ1) is 14.2. The molecule has 7 nitrogen and oxygen atoms in total. The van der Waals surface area contributed by atoms with Crippen LogP contribution in [-0.2, 0) is 14.8 Å². The van der Waals surface area contributed by atoms with Crippen LogP contribution in [-0.4, -0.2) is 38.2 Å². The van der Waals surface area contributed by atoms with Crippen LogP contribution in [0.2, 0.25) is 0 Å². The SMILES string of the molecule is Cc1ccccc1C(=O)N1CCC(C(=O)NC(C)c2ccc(S(N)(=O)=O)cc2)CC1. The highest BCUT2D eigenvalue weighted by molar-refractivity contribution is 7.89. The summed E-state index contributed by atoms with van der Waals surface area (Å²) in [6.07, 6.45) is 1.22. The molecule has 1 atom stereocenters. The van der Waals surface area contributed by atoms with E-state index in [1.807, 2.05) is 43.0 Å². The maximum absolute atomic E-state index is 12.7. The van der Waals surface area contributed by atoms with Crippen molar-refractivity contribution in [2.24, 2.45) is 11.1 Å². The van der Waals surface area contributed by atoms with Crippen LogP contribution < -0.4 is 10.5 Å². The number of carbonyl (C=O) groups is 2. The fraction of sp³-hybridized carbons (Fsp3) is 0.364. The van der Waals surface area contributed by atoms with E-state index < -0.39 is 10.0 Å². The number of piperidine rings is 1. The first-order valence-corrected chi connectivity index (χ1v) is 11.5. The normalized spacial score (nSPS) is 16.2. The Morgan fingerprint density at radius 2 is 1.67 bits per heavy atom. The minimum Gasteiger partial charge on any atom is -0.349 e. The predicted octanol–water partition coefficient (Wildman–Crippen LogP) is 2.37. The Labute approximate surface area is 177 Å². The quantitative estimate of drug-likeness (QED) is 0.760. The number of nitrogens with two attached hydrogens (primary N) is 1. The van der Waals surface area contributed by atoms with E-state index in [1.165, 1.54) is 12.1 Å². The molecule has 3 rings (SSSR count). The molecule has 2 aromatic rings. The number of hydrogen-bond acceptors (Lipinski definition) is 4. The molecule has 1 aliphatic heterocycles. The molecule has 30 heavy (non-hydrogen) atoms. The standard InChI is InChI=1S/C22H27N3O4S/c1-15-5-3-4-6-20(15)22(27)25-13-11-18(12-14-25)21(26)24-16(2)17-7-9-19(10-8-17)30(23,28)29/h3-10,16,18H,11-14H2,1-2H3,(H,24,26)(H2,23,28,29). The summed E-state index contributed by atoms with van der Waals surface area (Å²) in [7, 11) is -3.74. The summed E-state index contributed by atoms with van der Waals surface area (Å²) in [5, 5.41) is 8.10. The molecule has 2 amide bonds. The zero-order chi connectivity index (χ0) is 21.9. The molecule has 0 saturated carbocycles. The lowest BCUT2D eigenvalue weighted by Gasteiger charge is -2.32. The lowest BCUT2D eigenvalue weighted by molar-refractivity contribution is -0.127. The van der Waals surface area contributed by atoms with Crippen molar-refractivity contribution < 1.29 is 18.0 Å². The molecular formula is C22H27N3O4S. The third-order valence-electron chi connectivity index (χ3n) is 5.60. The van der Waals surface area contributed by atoms with E-state index in [0.29, 0.717) is 31.5 Å². The van der Waals surface area contributed by atoms with Crippen molar-refractivity contribution in [3.05, 3.63) is 65.2 Å². The zero-order valence-corrected chi connectivity index (χ0v) is 18.0.